The number of carbonyl (C=O) groups excluding carboxylic acids is 1. The monoisotopic (exact) mass is 332 g/mol. The second kappa shape index (κ2) is 6.34. The molecule has 7 nitrogen and oxygen atoms in total. The molecular formula is C16H17FN4O3. The summed E-state index contributed by atoms with van der Waals surface area (Å²) in [4.78, 5) is 16.4. The molecule has 2 aromatic rings. The number of nitrogens with one attached hydrogen (secondary N) is 3. The lowest BCUT2D eigenvalue weighted by Gasteiger charge is -2.09. The van der Waals surface area contributed by atoms with E-state index in [1.54, 1.807) is 42.1 Å². The van der Waals surface area contributed by atoms with E-state index < -0.39 is 12.0 Å². The summed E-state index contributed by atoms with van der Waals surface area (Å²) in [5, 5.41) is 11.5. The van der Waals surface area contributed by atoms with Crippen LogP contribution in [0.1, 0.15) is 19.4 Å². The topological polar surface area (TPSA) is 87.5 Å². The molecule has 4 N–H and O–H groups in total. The summed E-state index contributed by atoms with van der Waals surface area (Å²) in [6, 6.07) is 6.37. The van der Waals surface area contributed by atoms with Gasteiger partial charge in [0, 0.05) is 30.5 Å². The van der Waals surface area contributed by atoms with Gasteiger partial charge in [0.25, 0.3) is 0 Å². The van der Waals surface area contributed by atoms with E-state index in [4.69, 9.17) is 10.0 Å². The van der Waals surface area contributed by atoms with Crippen molar-refractivity contribution in [1.82, 2.24) is 15.4 Å². The number of hydrogen-bond donors (Lipinski definition) is 4. The second-order valence-corrected chi connectivity index (χ2v) is 5.44. The fraction of sp³-hybridized carbons (Fsp3) is 0.188. The lowest BCUT2D eigenvalue weighted by atomic mass is 10.1. The van der Waals surface area contributed by atoms with Crippen LogP contribution in [0.3, 0.4) is 0 Å². The minimum Gasteiger partial charge on any atom is -0.325 e. The Morgan fingerprint density at radius 3 is 2.83 bits per heavy atom. The molecule has 1 aromatic carbocycles. The lowest BCUT2D eigenvalue weighted by Crippen LogP contribution is -2.34. The van der Waals surface area contributed by atoms with Crippen molar-refractivity contribution in [3.8, 4) is 5.69 Å². The zero-order chi connectivity index (χ0) is 17.3. The van der Waals surface area contributed by atoms with E-state index in [1.807, 2.05) is 5.48 Å². The van der Waals surface area contributed by atoms with Crippen LogP contribution in [-0.4, -0.2) is 21.9 Å². The van der Waals surface area contributed by atoms with Crippen molar-refractivity contribution in [3.63, 3.8) is 0 Å². The molecule has 1 aliphatic rings. The molecule has 8 heteroatoms. The molecule has 0 radical (unpaired) electrons. The van der Waals surface area contributed by atoms with Crippen LogP contribution >= 0.6 is 0 Å². The third kappa shape index (κ3) is 2.97. The van der Waals surface area contributed by atoms with Gasteiger partial charge >= 0.3 is 0 Å². The average Bonchev–Trinajstić information content (AvgIpc) is 3.15. The first-order valence-electron chi connectivity index (χ1n) is 7.27. The van der Waals surface area contributed by atoms with Crippen LogP contribution in [-0.2, 0) is 9.63 Å². The maximum Gasteiger partial charge on any atom is 0.219 e. The van der Waals surface area contributed by atoms with Gasteiger partial charge in [0.15, 0.2) is 6.23 Å². The number of rotatable bonds is 4. The first-order valence-corrected chi connectivity index (χ1v) is 7.27. The Morgan fingerprint density at radius 2 is 2.21 bits per heavy atom. The van der Waals surface area contributed by atoms with Gasteiger partial charge in [-0.2, -0.15) is 0 Å². The number of amides is 1. The predicted molar refractivity (Wildman–Crippen MR) is 85.6 cm³/mol. The number of anilines is 1. The molecule has 0 saturated heterocycles. The van der Waals surface area contributed by atoms with Crippen molar-refractivity contribution in [2.75, 3.05) is 5.48 Å². The van der Waals surface area contributed by atoms with Crippen molar-refractivity contribution in [2.24, 2.45) is 0 Å². The molecule has 1 unspecified atom stereocenters. The van der Waals surface area contributed by atoms with Gasteiger partial charge in [-0.25, -0.2) is 9.23 Å². The maximum absolute atomic E-state index is 14.5. The second-order valence-electron chi connectivity index (χ2n) is 5.44. The number of aromatic nitrogens is 1. The molecule has 126 valence electrons. The van der Waals surface area contributed by atoms with Crippen molar-refractivity contribution in [3.05, 3.63) is 53.6 Å². The molecule has 0 fully saturated rings. The number of hydroxylamine groups is 1. The number of nitrogens with zero attached hydrogens (tertiary/aromatic N) is 1. The highest BCUT2D eigenvalue weighted by molar-refractivity contribution is 5.75. The van der Waals surface area contributed by atoms with Gasteiger partial charge in [0.05, 0.1) is 17.1 Å². The number of benzene rings is 1. The predicted octanol–water partition coefficient (Wildman–Crippen LogP) is 2.15. The van der Waals surface area contributed by atoms with E-state index in [0.717, 1.165) is 5.57 Å². The van der Waals surface area contributed by atoms with Crippen LogP contribution < -0.4 is 16.3 Å². The normalized spacial score (nSPS) is 16.9. The highest BCUT2D eigenvalue weighted by Gasteiger charge is 2.25. The summed E-state index contributed by atoms with van der Waals surface area (Å²) >= 11 is 0. The molecule has 1 aromatic heterocycles. The van der Waals surface area contributed by atoms with E-state index in [9.17, 15) is 9.18 Å². The molecule has 0 saturated carbocycles. The Balaban J connectivity index is 1.90. The molecule has 24 heavy (non-hydrogen) atoms. The summed E-state index contributed by atoms with van der Waals surface area (Å²) in [5.74, 6) is -0.650. The summed E-state index contributed by atoms with van der Waals surface area (Å²) in [5.41, 5.74) is 7.51. The molecule has 0 aliphatic carbocycles. The fourth-order valence-electron chi connectivity index (χ4n) is 2.51. The highest BCUT2D eigenvalue weighted by atomic mass is 19.1. The Kier molecular flexibility index (Phi) is 4.24. The van der Waals surface area contributed by atoms with Gasteiger partial charge in [-0.15, -0.1) is 0 Å². The van der Waals surface area contributed by atoms with Gasteiger partial charge in [0.2, 0.25) is 5.91 Å². The number of hydrogen-bond acceptors (Lipinski definition) is 5. The van der Waals surface area contributed by atoms with E-state index in [-0.39, 0.29) is 5.91 Å². The Morgan fingerprint density at radius 1 is 1.42 bits per heavy atom. The van der Waals surface area contributed by atoms with Gasteiger partial charge in [-0.3, -0.25) is 21.0 Å². The minimum absolute atomic E-state index is 0.218. The first kappa shape index (κ1) is 16.0. The third-order valence-corrected chi connectivity index (χ3v) is 3.74. The number of halogens is 1. The van der Waals surface area contributed by atoms with Crippen molar-refractivity contribution in [2.45, 2.75) is 20.1 Å². The van der Waals surface area contributed by atoms with Crippen LogP contribution in [0.4, 0.5) is 10.1 Å². The van der Waals surface area contributed by atoms with Crippen LogP contribution in [0.25, 0.3) is 11.4 Å². The summed E-state index contributed by atoms with van der Waals surface area (Å²) in [7, 11) is 0. The van der Waals surface area contributed by atoms with Crippen LogP contribution in [0.5, 0.6) is 0 Å². The maximum atomic E-state index is 14.5. The summed E-state index contributed by atoms with van der Waals surface area (Å²) in [6.07, 6.45) is 2.61. The largest absolute Gasteiger partial charge is 0.325 e. The zero-order valence-electron chi connectivity index (χ0n) is 13.1. The molecule has 0 spiro atoms. The Labute approximate surface area is 137 Å². The molecule has 0 bridgehead atoms. The van der Waals surface area contributed by atoms with Gasteiger partial charge in [-0.05, 0) is 25.1 Å². The third-order valence-electron chi connectivity index (χ3n) is 3.74. The van der Waals surface area contributed by atoms with Crippen molar-refractivity contribution in [1.29, 1.82) is 0 Å². The molecular weight excluding hydrogens is 315 g/mol. The standard InChI is InChI=1S/C16H17FN4O3/c1-9-15(20-24-16(9)18-10(2)22)11-3-4-14(13(17)7-11)21-6-5-12(8-21)19-23/h3-8,16,19-20,23H,1-2H3,(H,18,22). The Hall–Kier alpha value is -2.84. The summed E-state index contributed by atoms with van der Waals surface area (Å²) < 4.78 is 16.0. The van der Waals surface area contributed by atoms with Gasteiger partial charge in [-0.1, -0.05) is 6.07 Å². The van der Waals surface area contributed by atoms with Gasteiger partial charge in [0.1, 0.15) is 5.82 Å². The van der Waals surface area contributed by atoms with E-state index in [0.29, 0.717) is 22.6 Å². The first-order chi connectivity index (χ1) is 11.5. The van der Waals surface area contributed by atoms with Crippen molar-refractivity contribution < 1.29 is 19.2 Å². The van der Waals surface area contributed by atoms with Crippen LogP contribution in [0, 0.1) is 5.82 Å². The molecule has 1 aliphatic heterocycles. The molecule has 1 atom stereocenters. The fourth-order valence-corrected chi connectivity index (χ4v) is 2.51. The minimum atomic E-state index is -0.581. The van der Waals surface area contributed by atoms with E-state index in [1.165, 1.54) is 13.0 Å². The lowest BCUT2D eigenvalue weighted by molar-refractivity contribution is -0.122. The van der Waals surface area contributed by atoms with Gasteiger partial charge < -0.3 is 9.88 Å². The van der Waals surface area contributed by atoms with Crippen molar-refractivity contribution >= 4 is 17.3 Å². The molecule has 2 heterocycles. The van der Waals surface area contributed by atoms with E-state index in [2.05, 4.69) is 10.8 Å². The van der Waals surface area contributed by atoms with Crippen LogP contribution in [0.2, 0.25) is 0 Å². The SMILES string of the molecule is CC(=O)NC1ONC(c2ccc(-n3ccc(NO)c3)c(F)c2)=C1C. The molecule has 1 amide bonds. The molecule has 3 rings (SSSR count). The number of carbonyl (C=O) groups is 1. The smallest absolute Gasteiger partial charge is 0.219 e. The average molecular weight is 332 g/mol. The quantitative estimate of drug-likeness (QED) is 0.645. The highest BCUT2D eigenvalue weighted by Crippen LogP contribution is 2.27. The zero-order valence-corrected chi connectivity index (χ0v) is 13.1. The van der Waals surface area contributed by atoms with E-state index >= 15 is 0 Å². The van der Waals surface area contributed by atoms with Crippen LogP contribution in [0.15, 0.2) is 42.2 Å². The summed E-state index contributed by atoms with van der Waals surface area (Å²) in [6.45, 7) is 3.20. The Bertz CT molecular complexity index is 815.